The van der Waals surface area contributed by atoms with Crippen molar-refractivity contribution in [2.24, 2.45) is 11.7 Å². The van der Waals surface area contributed by atoms with Gasteiger partial charge in [0.15, 0.2) is 0 Å². The van der Waals surface area contributed by atoms with Crippen molar-refractivity contribution in [3.05, 3.63) is 59.7 Å². The van der Waals surface area contributed by atoms with E-state index in [1.165, 1.54) is 0 Å². The smallest absolute Gasteiger partial charge is 0.222 e. The minimum absolute atomic E-state index is 0.0766. The molecule has 2 aromatic carbocycles. The number of nitrogens with zero attached hydrogens (tertiary/aromatic N) is 1. The molecule has 186 valence electrons. The molecule has 0 aromatic heterocycles. The highest BCUT2D eigenvalue weighted by atomic mass is 16.5. The summed E-state index contributed by atoms with van der Waals surface area (Å²) in [6.07, 6.45) is 5.16. The van der Waals surface area contributed by atoms with Crippen LogP contribution in [0.4, 0.5) is 0 Å². The average molecular weight is 469 g/mol. The molecule has 2 atom stereocenters. The molecule has 1 aliphatic rings. The average Bonchev–Trinajstić information content (AvgIpc) is 2.87. The van der Waals surface area contributed by atoms with Crippen LogP contribution in [0.2, 0.25) is 0 Å². The van der Waals surface area contributed by atoms with Gasteiger partial charge in [0.2, 0.25) is 5.91 Å². The van der Waals surface area contributed by atoms with Crippen LogP contribution in [0.1, 0.15) is 56.1 Å². The van der Waals surface area contributed by atoms with Gasteiger partial charge in [-0.15, -0.1) is 0 Å². The quantitative estimate of drug-likeness (QED) is 0.438. The van der Waals surface area contributed by atoms with Gasteiger partial charge in [0, 0.05) is 44.7 Å². The van der Waals surface area contributed by atoms with Crippen molar-refractivity contribution in [3.63, 3.8) is 0 Å². The number of para-hydroxylation sites is 2. The number of unbranched alkanes of at least 4 members (excludes halogenated alkanes) is 1. The molecule has 0 radical (unpaired) electrons. The Kier molecular flexibility index (Phi) is 9.93. The van der Waals surface area contributed by atoms with Crippen LogP contribution < -0.4 is 10.5 Å². The molecule has 0 aliphatic carbocycles. The molecular formula is C28H40N2O4. The van der Waals surface area contributed by atoms with Gasteiger partial charge >= 0.3 is 0 Å². The third-order valence-electron chi connectivity index (χ3n) is 6.87. The maximum Gasteiger partial charge on any atom is 0.222 e. The van der Waals surface area contributed by atoms with Gasteiger partial charge in [0.05, 0.1) is 5.60 Å². The number of methoxy groups -OCH3 is 1. The first-order chi connectivity index (χ1) is 16.5. The summed E-state index contributed by atoms with van der Waals surface area (Å²) in [5, 5.41) is 12.3. The Hall–Kier alpha value is -2.41. The Balaban J connectivity index is 1.91. The summed E-state index contributed by atoms with van der Waals surface area (Å²) in [6.45, 7) is 4.46. The van der Waals surface area contributed by atoms with Gasteiger partial charge in [0.25, 0.3) is 0 Å². The van der Waals surface area contributed by atoms with Crippen LogP contribution in [-0.2, 0) is 15.1 Å². The summed E-state index contributed by atoms with van der Waals surface area (Å²) in [5.74, 6) is 1.49. The molecule has 1 saturated heterocycles. The molecule has 6 heteroatoms. The fourth-order valence-electron chi connectivity index (χ4n) is 4.91. The topological polar surface area (TPSA) is 85.0 Å². The zero-order valence-corrected chi connectivity index (χ0v) is 20.7. The summed E-state index contributed by atoms with van der Waals surface area (Å²) in [5.41, 5.74) is 6.33. The molecule has 3 N–H and O–H groups in total. The molecule has 0 saturated carbocycles. The van der Waals surface area contributed by atoms with E-state index in [0.717, 1.165) is 49.1 Å². The maximum absolute atomic E-state index is 12.8. The molecule has 1 fully saturated rings. The lowest BCUT2D eigenvalue weighted by molar-refractivity contribution is -0.136. The van der Waals surface area contributed by atoms with E-state index >= 15 is 0 Å². The van der Waals surface area contributed by atoms with Gasteiger partial charge in [-0.25, -0.2) is 0 Å². The number of carbonyl (C=O) groups is 1. The van der Waals surface area contributed by atoms with Crippen molar-refractivity contribution < 1.29 is 19.4 Å². The van der Waals surface area contributed by atoms with E-state index in [1.54, 1.807) is 7.11 Å². The second-order valence-corrected chi connectivity index (χ2v) is 9.31. The lowest BCUT2D eigenvalue weighted by Gasteiger charge is -2.43. The normalized spacial score (nSPS) is 17.9. The molecule has 0 spiro atoms. The van der Waals surface area contributed by atoms with Crippen molar-refractivity contribution in [1.29, 1.82) is 0 Å². The van der Waals surface area contributed by atoms with Crippen molar-refractivity contribution in [2.75, 3.05) is 33.4 Å². The fourth-order valence-corrected chi connectivity index (χ4v) is 4.91. The van der Waals surface area contributed by atoms with E-state index in [4.69, 9.17) is 15.2 Å². The number of hydrogen-bond acceptors (Lipinski definition) is 5. The number of aliphatic hydroxyl groups is 1. The lowest BCUT2D eigenvalue weighted by atomic mass is 9.73. The zero-order chi connectivity index (χ0) is 24.4. The molecule has 0 bridgehead atoms. The highest BCUT2D eigenvalue weighted by molar-refractivity contribution is 5.76. The van der Waals surface area contributed by atoms with E-state index in [2.05, 4.69) is 0 Å². The van der Waals surface area contributed by atoms with E-state index in [9.17, 15) is 9.90 Å². The number of benzene rings is 2. The summed E-state index contributed by atoms with van der Waals surface area (Å²) in [6, 6.07) is 15.7. The number of ether oxygens (including phenoxy) is 2. The molecule has 1 heterocycles. The van der Waals surface area contributed by atoms with Crippen molar-refractivity contribution in [1.82, 2.24) is 4.90 Å². The van der Waals surface area contributed by atoms with Crippen molar-refractivity contribution in [3.8, 4) is 11.5 Å². The molecule has 3 rings (SSSR count). The first-order valence-electron chi connectivity index (χ1n) is 12.5. The number of aryl methyl sites for hydroxylation is 1. The molecule has 6 nitrogen and oxygen atoms in total. The van der Waals surface area contributed by atoms with Gasteiger partial charge in [0.1, 0.15) is 11.5 Å². The van der Waals surface area contributed by atoms with Gasteiger partial charge in [-0.3, -0.25) is 4.79 Å². The Morgan fingerprint density at radius 2 is 1.85 bits per heavy atom. The monoisotopic (exact) mass is 468 g/mol. The van der Waals surface area contributed by atoms with Crippen molar-refractivity contribution in [2.45, 2.75) is 57.5 Å². The highest BCUT2D eigenvalue weighted by Gasteiger charge is 2.42. The Morgan fingerprint density at radius 3 is 2.59 bits per heavy atom. The van der Waals surface area contributed by atoms with E-state index in [-0.39, 0.29) is 11.8 Å². The first-order valence-corrected chi connectivity index (χ1v) is 12.5. The van der Waals surface area contributed by atoms with E-state index in [1.807, 2.05) is 60.4 Å². The number of carbonyl (C=O) groups excluding carboxylic acids is 1. The summed E-state index contributed by atoms with van der Waals surface area (Å²) in [7, 11) is 1.70. The Labute approximate surface area is 204 Å². The SMILES string of the molecule is COCCCCC(O)(c1ccccc1Oc1ccccc1C)[C@@H]1CCCN(C(=O)CCCN)C1. The standard InChI is InChI=1S/C28H40N2O4/c1-22-11-3-5-14-25(22)34-26-15-6-4-13-24(26)28(32,17-7-8-20-33-2)23-12-10-19-30(21-23)27(31)16-9-18-29/h3-6,11,13-15,23,32H,7-10,12,16-21,29H2,1-2H3/t23-,28?/m1/s1. The molecular weight excluding hydrogens is 428 g/mol. The van der Waals surface area contributed by atoms with Gasteiger partial charge in [-0.05, 0) is 69.7 Å². The first kappa shape index (κ1) is 26.2. The van der Waals surface area contributed by atoms with E-state index < -0.39 is 5.60 Å². The Bertz CT molecular complexity index is 919. The molecule has 34 heavy (non-hydrogen) atoms. The molecule has 1 unspecified atom stereocenters. The van der Waals surface area contributed by atoms with E-state index in [0.29, 0.717) is 44.7 Å². The van der Waals surface area contributed by atoms with Gasteiger partial charge < -0.3 is 25.2 Å². The summed E-state index contributed by atoms with van der Waals surface area (Å²) >= 11 is 0. The van der Waals surface area contributed by atoms with Gasteiger partial charge in [-0.1, -0.05) is 36.4 Å². The lowest BCUT2D eigenvalue weighted by Crippen LogP contribution is -2.48. The third kappa shape index (κ3) is 6.59. The zero-order valence-electron chi connectivity index (χ0n) is 20.7. The number of piperidine rings is 1. The largest absolute Gasteiger partial charge is 0.457 e. The predicted octanol–water partition coefficient (Wildman–Crippen LogP) is 4.77. The van der Waals surface area contributed by atoms with Crippen LogP contribution >= 0.6 is 0 Å². The van der Waals surface area contributed by atoms with Crippen LogP contribution in [0.15, 0.2) is 48.5 Å². The second kappa shape index (κ2) is 12.9. The Morgan fingerprint density at radius 1 is 1.12 bits per heavy atom. The minimum Gasteiger partial charge on any atom is -0.457 e. The summed E-state index contributed by atoms with van der Waals surface area (Å²) < 4.78 is 11.6. The number of amides is 1. The van der Waals surface area contributed by atoms with Crippen LogP contribution in [0.25, 0.3) is 0 Å². The number of nitrogens with two attached hydrogens (primary N) is 1. The molecule has 1 amide bonds. The molecule has 2 aromatic rings. The minimum atomic E-state index is -1.11. The number of rotatable bonds is 12. The van der Waals surface area contributed by atoms with Crippen molar-refractivity contribution >= 4 is 5.91 Å². The second-order valence-electron chi connectivity index (χ2n) is 9.31. The molecule has 1 aliphatic heterocycles. The number of hydrogen-bond donors (Lipinski definition) is 2. The van der Waals surface area contributed by atoms with Gasteiger partial charge in [-0.2, -0.15) is 0 Å². The summed E-state index contributed by atoms with van der Waals surface area (Å²) in [4.78, 5) is 14.7. The van der Waals surface area contributed by atoms with Crippen LogP contribution in [0, 0.1) is 12.8 Å². The predicted molar refractivity (Wildman–Crippen MR) is 135 cm³/mol. The van der Waals surface area contributed by atoms with Crippen LogP contribution in [0.5, 0.6) is 11.5 Å². The fraction of sp³-hybridized carbons (Fsp3) is 0.536. The van der Waals surface area contributed by atoms with Crippen LogP contribution in [-0.4, -0.2) is 49.3 Å². The van der Waals surface area contributed by atoms with Crippen LogP contribution in [0.3, 0.4) is 0 Å². The maximum atomic E-state index is 12.8. The third-order valence-corrected chi connectivity index (χ3v) is 6.87. The highest BCUT2D eigenvalue weighted by Crippen LogP contribution is 2.44. The number of likely N-dealkylation sites (tertiary alicyclic amines) is 1.